The second-order valence-electron chi connectivity index (χ2n) is 5.30. The molecule has 2 aromatic carbocycles. The summed E-state index contributed by atoms with van der Waals surface area (Å²) in [6, 6.07) is 14.2. The summed E-state index contributed by atoms with van der Waals surface area (Å²) < 4.78 is 6.23. The number of hydrazone groups is 1. The molecule has 7 nitrogen and oxygen atoms in total. The Bertz CT molecular complexity index is 1050. The first-order chi connectivity index (χ1) is 13.0. The van der Waals surface area contributed by atoms with Crippen molar-refractivity contribution in [2.75, 3.05) is 0 Å². The summed E-state index contributed by atoms with van der Waals surface area (Å²) in [5.41, 5.74) is 3.14. The van der Waals surface area contributed by atoms with Gasteiger partial charge in [0.15, 0.2) is 0 Å². The van der Waals surface area contributed by atoms with Gasteiger partial charge in [-0.1, -0.05) is 23.7 Å². The van der Waals surface area contributed by atoms with E-state index in [9.17, 15) is 14.9 Å². The third-order valence-corrected chi connectivity index (χ3v) is 4.55. The lowest BCUT2D eigenvalue weighted by atomic mass is 10.1. The van der Waals surface area contributed by atoms with Crippen LogP contribution in [0, 0.1) is 10.1 Å². The van der Waals surface area contributed by atoms with Crippen molar-refractivity contribution in [2.24, 2.45) is 5.10 Å². The van der Waals surface area contributed by atoms with Crippen LogP contribution < -0.4 is 5.43 Å². The molecule has 1 N–H and O–H groups in total. The summed E-state index contributed by atoms with van der Waals surface area (Å²) in [5.74, 6) is 0.314. The molecule has 136 valence electrons. The number of nitro groups is 1. The number of amides is 1. The molecule has 0 unspecified atom stereocenters. The number of carbonyl (C=O) groups is 1. The van der Waals surface area contributed by atoms with Crippen LogP contribution in [0.4, 0.5) is 5.69 Å². The van der Waals surface area contributed by atoms with E-state index in [1.165, 1.54) is 24.4 Å². The van der Waals surface area contributed by atoms with Gasteiger partial charge in [0, 0.05) is 22.2 Å². The smallest absolute Gasteiger partial charge is 0.272 e. The van der Waals surface area contributed by atoms with Crippen LogP contribution in [-0.2, 0) is 0 Å². The predicted octanol–water partition coefficient (Wildman–Crippen LogP) is 5.03. The Hall–Kier alpha value is -2.97. The Morgan fingerprint density at radius 1 is 1.22 bits per heavy atom. The lowest BCUT2D eigenvalue weighted by Crippen LogP contribution is -2.17. The first-order valence-electron chi connectivity index (χ1n) is 7.58. The van der Waals surface area contributed by atoms with Crippen molar-refractivity contribution in [3.8, 4) is 11.3 Å². The fourth-order valence-corrected chi connectivity index (χ4v) is 2.92. The fraction of sp³-hybridized carbons (Fsp3) is 0. The molecule has 0 aliphatic rings. The van der Waals surface area contributed by atoms with E-state index in [0.29, 0.717) is 32.1 Å². The Morgan fingerprint density at radius 3 is 2.74 bits per heavy atom. The molecule has 0 aliphatic heterocycles. The van der Waals surface area contributed by atoms with Gasteiger partial charge in [-0.25, -0.2) is 5.43 Å². The van der Waals surface area contributed by atoms with Gasteiger partial charge in [0.05, 0.1) is 21.7 Å². The first-order valence-corrected chi connectivity index (χ1v) is 8.75. The highest BCUT2D eigenvalue weighted by Crippen LogP contribution is 2.32. The number of carbonyl (C=O) groups excluding carboxylic acids is 1. The quantitative estimate of drug-likeness (QED) is 0.336. The number of benzene rings is 2. The van der Waals surface area contributed by atoms with Crippen molar-refractivity contribution >= 4 is 45.3 Å². The Kier molecular flexibility index (Phi) is 5.68. The summed E-state index contributed by atoms with van der Waals surface area (Å²) >= 11 is 9.39. The van der Waals surface area contributed by atoms with Crippen molar-refractivity contribution in [3.05, 3.63) is 85.5 Å². The molecule has 3 aromatic rings. The number of nitrogens with one attached hydrogen (secondary N) is 1. The van der Waals surface area contributed by atoms with Crippen LogP contribution in [0.3, 0.4) is 0 Å². The second kappa shape index (κ2) is 8.15. The zero-order valence-electron chi connectivity index (χ0n) is 13.6. The fourth-order valence-electron chi connectivity index (χ4n) is 2.24. The molecule has 1 heterocycles. The van der Waals surface area contributed by atoms with E-state index < -0.39 is 4.92 Å². The lowest BCUT2D eigenvalue weighted by Gasteiger charge is -2.01. The van der Waals surface area contributed by atoms with Gasteiger partial charge in [-0.15, -0.1) is 0 Å². The summed E-state index contributed by atoms with van der Waals surface area (Å²) in [6.07, 6.45) is 1.32. The number of non-ortho nitro benzene ring substituents is 1. The number of halogens is 2. The highest BCUT2D eigenvalue weighted by atomic mass is 79.9. The van der Waals surface area contributed by atoms with E-state index in [1.54, 1.807) is 36.4 Å². The molecule has 0 saturated heterocycles. The van der Waals surface area contributed by atoms with Gasteiger partial charge >= 0.3 is 0 Å². The highest BCUT2D eigenvalue weighted by molar-refractivity contribution is 9.10. The maximum absolute atomic E-state index is 12.1. The minimum atomic E-state index is -0.512. The number of nitro benzene ring substituents is 1. The van der Waals surface area contributed by atoms with Crippen LogP contribution in [0.25, 0.3) is 11.3 Å². The molecule has 1 amide bonds. The van der Waals surface area contributed by atoms with Crippen molar-refractivity contribution < 1.29 is 14.1 Å². The van der Waals surface area contributed by atoms with Crippen molar-refractivity contribution in [1.82, 2.24) is 5.43 Å². The van der Waals surface area contributed by atoms with Gasteiger partial charge in [-0.2, -0.15) is 5.10 Å². The Labute approximate surface area is 166 Å². The van der Waals surface area contributed by atoms with E-state index >= 15 is 0 Å². The van der Waals surface area contributed by atoms with E-state index in [0.717, 1.165) is 0 Å². The maximum Gasteiger partial charge on any atom is 0.272 e. The van der Waals surface area contributed by atoms with E-state index in [4.69, 9.17) is 16.0 Å². The third-order valence-electron chi connectivity index (χ3n) is 3.53. The highest BCUT2D eigenvalue weighted by Gasteiger charge is 2.14. The van der Waals surface area contributed by atoms with Gasteiger partial charge in [0.25, 0.3) is 11.6 Å². The minimum Gasteiger partial charge on any atom is -0.455 e. The molecule has 0 radical (unpaired) electrons. The third kappa shape index (κ3) is 4.42. The summed E-state index contributed by atoms with van der Waals surface area (Å²) in [4.78, 5) is 22.5. The molecule has 27 heavy (non-hydrogen) atoms. The van der Waals surface area contributed by atoms with E-state index in [2.05, 4.69) is 26.5 Å². The largest absolute Gasteiger partial charge is 0.455 e. The maximum atomic E-state index is 12.1. The second-order valence-corrected chi connectivity index (χ2v) is 6.56. The number of rotatable bonds is 5. The monoisotopic (exact) mass is 447 g/mol. The SMILES string of the molecule is O=C(N/N=C/c1ccc(-c2cc([N+](=O)[O-])ccc2Cl)o1)c1ccccc1Br. The van der Waals surface area contributed by atoms with Crippen LogP contribution in [0.2, 0.25) is 5.02 Å². The zero-order chi connectivity index (χ0) is 19.4. The molecule has 0 spiro atoms. The lowest BCUT2D eigenvalue weighted by molar-refractivity contribution is -0.384. The molecular weight excluding hydrogens is 438 g/mol. The van der Waals surface area contributed by atoms with Crippen LogP contribution in [0.15, 0.2) is 68.6 Å². The topological polar surface area (TPSA) is 97.7 Å². The summed E-state index contributed by atoms with van der Waals surface area (Å²) in [7, 11) is 0. The number of hydrogen-bond donors (Lipinski definition) is 1. The Morgan fingerprint density at radius 2 is 2.00 bits per heavy atom. The van der Waals surface area contributed by atoms with Crippen LogP contribution in [0.1, 0.15) is 16.1 Å². The van der Waals surface area contributed by atoms with Gasteiger partial charge in [0.1, 0.15) is 11.5 Å². The summed E-state index contributed by atoms with van der Waals surface area (Å²) in [6.45, 7) is 0. The molecule has 0 atom stereocenters. The van der Waals surface area contributed by atoms with Gasteiger partial charge in [0.2, 0.25) is 0 Å². The van der Waals surface area contributed by atoms with Gasteiger partial charge < -0.3 is 4.42 Å². The molecule has 0 saturated carbocycles. The Balaban J connectivity index is 1.74. The molecule has 0 fully saturated rings. The molecule has 3 rings (SSSR count). The average Bonchev–Trinajstić information content (AvgIpc) is 3.10. The molecule has 9 heteroatoms. The number of nitrogens with zero attached hydrogens (tertiary/aromatic N) is 2. The number of furan rings is 1. The van der Waals surface area contributed by atoms with E-state index in [-0.39, 0.29) is 11.6 Å². The normalized spacial score (nSPS) is 10.9. The average molecular weight is 449 g/mol. The van der Waals surface area contributed by atoms with Crippen LogP contribution >= 0.6 is 27.5 Å². The number of hydrogen-bond acceptors (Lipinski definition) is 5. The van der Waals surface area contributed by atoms with Gasteiger partial charge in [-0.3, -0.25) is 14.9 Å². The summed E-state index contributed by atoms with van der Waals surface area (Å²) in [5, 5.41) is 15.1. The van der Waals surface area contributed by atoms with Gasteiger partial charge in [-0.05, 0) is 46.3 Å². The molecular formula is C18H11BrClN3O4. The van der Waals surface area contributed by atoms with Crippen molar-refractivity contribution in [3.63, 3.8) is 0 Å². The molecule has 0 aliphatic carbocycles. The molecule has 1 aromatic heterocycles. The van der Waals surface area contributed by atoms with Crippen LogP contribution in [-0.4, -0.2) is 17.0 Å². The zero-order valence-corrected chi connectivity index (χ0v) is 15.9. The van der Waals surface area contributed by atoms with Crippen molar-refractivity contribution in [1.29, 1.82) is 0 Å². The predicted molar refractivity (Wildman–Crippen MR) is 105 cm³/mol. The first kappa shape index (κ1) is 18.8. The van der Waals surface area contributed by atoms with Crippen molar-refractivity contribution in [2.45, 2.75) is 0 Å². The van der Waals surface area contributed by atoms with E-state index in [1.807, 2.05) is 0 Å². The standard InChI is InChI=1S/C18H11BrClN3O4/c19-15-4-2-1-3-13(15)18(24)22-21-10-12-6-8-17(27-12)14-9-11(23(25)26)5-7-16(14)20/h1-10H,(H,22,24)/b21-10+. The molecule has 0 bridgehead atoms. The van der Waals surface area contributed by atoms with Crippen LogP contribution in [0.5, 0.6) is 0 Å². The minimum absolute atomic E-state index is 0.0956.